The van der Waals surface area contributed by atoms with Gasteiger partial charge in [-0.3, -0.25) is 9.10 Å². The highest BCUT2D eigenvalue weighted by atomic mass is 32.2. The monoisotopic (exact) mass is 452 g/mol. The predicted octanol–water partition coefficient (Wildman–Crippen LogP) is 3.91. The predicted molar refractivity (Wildman–Crippen MR) is 123 cm³/mol. The summed E-state index contributed by atoms with van der Waals surface area (Å²) in [4.78, 5) is 13.1. The third-order valence-electron chi connectivity index (χ3n) is 5.24. The van der Waals surface area contributed by atoms with Gasteiger partial charge in [-0.05, 0) is 67.9 Å². The number of carbonyl (C=O) groups is 1. The minimum absolute atomic E-state index is 0.145. The van der Waals surface area contributed by atoms with E-state index in [1.165, 1.54) is 4.31 Å². The number of ether oxygens (including phenoxy) is 2. The van der Waals surface area contributed by atoms with Gasteiger partial charge in [0.2, 0.25) is 0 Å². The second kappa shape index (κ2) is 8.55. The van der Waals surface area contributed by atoms with Crippen molar-refractivity contribution in [3.8, 4) is 11.5 Å². The van der Waals surface area contributed by atoms with Crippen LogP contribution >= 0.6 is 0 Å². The van der Waals surface area contributed by atoms with Crippen molar-refractivity contribution in [2.24, 2.45) is 0 Å². The molecule has 1 N–H and O–H groups in total. The van der Waals surface area contributed by atoms with Gasteiger partial charge < -0.3 is 14.8 Å². The van der Waals surface area contributed by atoms with E-state index in [0.29, 0.717) is 22.9 Å². The first-order valence-corrected chi connectivity index (χ1v) is 11.5. The molecule has 0 saturated heterocycles. The van der Waals surface area contributed by atoms with E-state index in [1.54, 1.807) is 67.8 Å². The van der Waals surface area contributed by atoms with Crippen molar-refractivity contribution >= 4 is 27.3 Å². The van der Waals surface area contributed by atoms with Gasteiger partial charge in [0.1, 0.15) is 11.5 Å². The van der Waals surface area contributed by atoms with Gasteiger partial charge >= 0.3 is 0 Å². The number of nitrogens with one attached hydrogen (secondary N) is 1. The standard InChI is InChI=1S/C24H24N2O5S/c1-16-4-11-20(12-5-16)32(28,29)26-15-23(31-22-14-17(2)6-13-21(22)26)24(27)25-18-7-9-19(30-3)10-8-18/h4-14,23H,15H2,1-3H3,(H,25,27). The number of carbonyl (C=O) groups excluding carboxylic acids is 1. The third-order valence-corrected chi connectivity index (χ3v) is 7.04. The van der Waals surface area contributed by atoms with Gasteiger partial charge in [0.05, 0.1) is 24.2 Å². The summed E-state index contributed by atoms with van der Waals surface area (Å²) < 4.78 is 39.2. The number of rotatable bonds is 5. The van der Waals surface area contributed by atoms with E-state index in [0.717, 1.165) is 11.1 Å². The lowest BCUT2D eigenvalue weighted by Gasteiger charge is -2.35. The van der Waals surface area contributed by atoms with Crippen molar-refractivity contribution in [3.63, 3.8) is 0 Å². The Morgan fingerprint density at radius 3 is 2.31 bits per heavy atom. The van der Waals surface area contributed by atoms with Crippen LogP contribution in [0.15, 0.2) is 71.6 Å². The number of benzene rings is 3. The number of fused-ring (bicyclic) bond motifs is 1. The number of methoxy groups -OCH3 is 1. The summed E-state index contributed by atoms with van der Waals surface area (Å²) in [5.74, 6) is 0.574. The van der Waals surface area contributed by atoms with Crippen LogP contribution in [-0.2, 0) is 14.8 Å². The molecule has 1 aliphatic heterocycles. The Kier molecular flexibility index (Phi) is 5.80. The highest BCUT2D eigenvalue weighted by Gasteiger charge is 2.37. The lowest BCUT2D eigenvalue weighted by atomic mass is 10.1. The minimum atomic E-state index is -3.90. The average molecular weight is 453 g/mol. The molecular formula is C24H24N2O5S. The van der Waals surface area contributed by atoms with Crippen molar-refractivity contribution in [2.75, 3.05) is 23.3 Å². The maximum atomic E-state index is 13.5. The molecule has 1 unspecified atom stereocenters. The average Bonchev–Trinajstić information content (AvgIpc) is 2.78. The molecule has 3 aromatic rings. The van der Waals surface area contributed by atoms with Crippen LogP contribution in [0.3, 0.4) is 0 Å². The number of amides is 1. The zero-order valence-corrected chi connectivity index (χ0v) is 18.8. The summed E-state index contributed by atoms with van der Waals surface area (Å²) >= 11 is 0. The summed E-state index contributed by atoms with van der Waals surface area (Å²) in [6, 6.07) is 18.8. The van der Waals surface area contributed by atoms with Crippen LogP contribution in [0.1, 0.15) is 11.1 Å². The van der Waals surface area contributed by atoms with Gasteiger partial charge in [-0.25, -0.2) is 8.42 Å². The van der Waals surface area contributed by atoms with Gasteiger partial charge in [-0.2, -0.15) is 0 Å². The second-order valence-corrected chi connectivity index (χ2v) is 9.51. The van der Waals surface area contributed by atoms with Crippen molar-refractivity contribution in [3.05, 3.63) is 77.9 Å². The maximum absolute atomic E-state index is 13.5. The van der Waals surface area contributed by atoms with E-state index in [1.807, 2.05) is 19.9 Å². The fourth-order valence-corrected chi connectivity index (χ4v) is 4.94. The van der Waals surface area contributed by atoms with Gasteiger partial charge in [-0.15, -0.1) is 0 Å². The molecule has 0 fully saturated rings. The molecule has 0 saturated carbocycles. The van der Waals surface area contributed by atoms with Crippen molar-refractivity contribution < 1.29 is 22.7 Å². The van der Waals surface area contributed by atoms with E-state index in [4.69, 9.17) is 9.47 Å². The van der Waals surface area contributed by atoms with Gasteiger partial charge in [0, 0.05) is 5.69 Å². The molecule has 3 aromatic carbocycles. The first-order valence-electron chi connectivity index (χ1n) is 10.1. The molecule has 1 heterocycles. The zero-order chi connectivity index (χ0) is 22.9. The summed E-state index contributed by atoms with van der Waals surface area (Å²) in [5.41, 5.74) is 2.82. The number of sulfonamides is 1. The van der Waals surface area contributed by atoms with Crippen LogP contribution in [0.25, 0.3) is 0 Å². The third kappa shape index (κ3) is 4.27. The van der Waals surface area contributed by atoms with Crippen LogP contribution in [0.4, 0.5) is 11.4 Å². The number of nitrogens with zero attached hydrogens (tertiary/aromatic N) is 1. The largest absolute Gasteiger partial charge is 0.497 e. The summed E-state index contributed by atoms with van der Waals surface area (Å²) in [6.45, 7) is 3.63. The quantitative estimate of drug-likeness (QED) is 0.635. The molecule has 32 heavy (non-hydrogen) atoms. The smallest absolute Gasteiger partial charge is 0.267 e. The molecule has 0 radical (unpaired) electrons. The van der Waals surface area contributed by atoms with Gasteiger partial charge in [0.25, 0.3) is 15.9 Å². The number of hydrogen-bond acceptors (Lipinski definition) is 5. The second-order valence-electron chi connectivity index (χ2n) is 7.64. The molecule has 1 aliphatic rings. The highest BCUT2D eigenvalue weighted by Crippen LogP contribution is 2.38. The van der Waals surface area contributed by atoms with E-state index in [-0.39, 0.29) is 11.4 Å². The molecule has 7 nitrogen and oxygen atoms in total. The molecule has 1 amide bonds. The molecule has 166 valence electrons. The normalized spacial score (nSPS) is 15.5. The lowest BCUT2D eigenvalue weighted by molar-refractivity contribution is -0.122. The number of hydrogen-bond donors (Lipinski definition) is 1. The Balaban J connectivity index is 1.66. The summed E-state index contributed by atoms with van der Waals surface area (Å²) in [5, 5.41) is 2.79. The Hall–Kier alpha value is -3.52. The van der Waals surface area contributed by atoms with E-state index >= 15 is 0 Å². The molecule has 8 heteroatoms. The fourth-order valence-electron chi connectivity index (χ4n) is 3.46. The van der Waals surface area contributed by atoms with Crippen molar-refractivity contribution in [1.29, 1.82) is 0 Å². The van der Waals surface area contributed by atoms with Crippen LogP contribution in [0.2, 0.25) is 0 Å². The highest BCUT2D eigenvalue weighted by molar-refractivity contribution is 7.92. The Bertz CT molecular complexity index is 1240. The van der Waals surface area contributed by atoms with Gasteiger partial charge in [-0.1, -0.05) is 23.8 Å². The van der Waals surface area contributed by atoms with E-state index < -0.39 is 22.0 Å². The molecule has 0 bridgehead atoms. The van der Waals surface area contributed by atoms with Crippen molar-refractivity contribution in [2.45, 2.75) is 24.8 Å². The number of anilines is 2. The zero-order valence-electron chi connectivity index (χ0n) is 18.0. The first-order chi connectivity index (χ1) is 15.3. The maximum Gasteiger partial charge on any atom is 0.267 e. The van der Waals surface area contributed by atoms with Crippen LogP contribution in [-0.4, -0.2) is 34.1 Å². The van der Waals surface area contributed by atoms with Crippen LogP contribution in [0, 0.1) is 13.8 Å². The topological polar surface area (TPSA) is 84.9 Å². The Morgan fingerprint density at radius 2 is 1.66 bits per heavy atom. The first kappa shape index (κ1) is 21.7. The molecule has 0 aliphatic carbocycles. The molecular weight excluding hydrogens is 428 g/mol. The molecule has 0 aromatic heterocycles. The summed E-state index contributed by atoms with van der Waals surface area (Å²) in [6.07, 6.45) is -1.02. The fraction of sp³-hybridized carbons (Fsp3) is 0.208. The van der Waals surface area contributed by atoms with Gasteiger partial charge in [0.15, 0.2) is 6.10 Å². The van der Waals surface area contributed by atoms with Crippen LogP contribution in [0.5, 0.6) is 11.5 Å². The summed E-state index contributed by atoms with van der Waals surface area (Å²) in [7, 11) is -2.34. The Labute approximate surface area is 187 Å². The number of aryl methyl sites for hydroxylation is 2. The van der Waals surface area contributed by atoms with E-state index in [2.05, 4.69) is 5.32 Å². The molecule has 1 atom stereocenters. The molecule has 0 spiro atoms. The minimum Gasteiger partial charge on any atom is -0.497 e. The SMILES string of the molecule is COc1ccc(NC(=O)C2CN(S(=O)(=O)c3ccc(C)cc3)c3ccc(C)cc3O2)cc1. The molecule has 4 rings (SSSR count). The lowest BCUT2D eigenvalue weighted by Crippen LogP contribution is -2.48. The van der Waals surface area contributed by atoms with Crippen LogP contribution < -0.4 is 19.1 Å². The van der Waals surface area contributed by atoms with E-state index in [9.17, 15) is 13.2 Å². The Morgan fingerprint density at radius 1 is 1.00 bits per heavy atom. The van der Waals surface area contributed by atoms with Crippen molar-refractivity contribution in [1.82, 2.24) is 0 Å².